The second-order valence-electron chi connectivity index (χ2n) is 5.73. The van der Waals surface area contributed by atoms with Crippen molar-refractivity contribution in [1.82, 2.24) is 0 Å². The molecule has 0 saturated carbocycles. The van der Waals surface area contributed by atoms with Crippen molar-refractivity contribution in [2.75, 3.05) is 23.7 Å². The number of benzene rings is 1. The summed E-state index contributed by atoms with van der Waals surface area (Å²) >= 11 is 0. The highest BCUT2D eigenvalue weighted by Gasteiger charge is 2.26. The van der Waals surface area contributed by atoms with Crippen LogP contribution in [-0.4, -0.2) is 13.1 Å². The maximum atomic E-state index is 5.97. The molecule has 1 heterocycles. The molecular formula is C14H22N2. The molecule has 1 aromatic rings. The first-order chi connectivity index (χ1) is 7.48. The summed E-state index contributed by atoms with van der Waals surface area (Å²) in [4.78, 5) is 2.46. The summed E-state index contributed by atoms with van der Waals surface area (Å²) < 4.78 is 0. The van der Waals surface area contributed by atoms with E-state index >= 15 is 0 Å². The number of piperidine rings is 1. The molecule has 2 rings (SSSR count). The third-order valence-electron chi connectivity index (χ3n) is 3.53. The van der Waals surface area contributed by atoms with E-state index in [1.165, 1.54) is 24.1 Å². The first-order valence-electron chi connectivity index (χ1n) is 6.09. The molecule has 16 heavy (non-hydrogen) atoms. The maximum absolute atomic E-state index is 5.97. The lowest BCUT2D eigenvalue weighted by atomic mass is 9.84. The predicted octanol–water partition coefficient (Wildman–Crippen LogP) is 3.20. The Bertz CT molecular complexity index is 382. The molecule has 0 aromatic heterocycles. The van der Waals surface area contributed by atoms with E-state index in [0.717, 1.165) is 18.8 Å². The summed E-state index contributed by atoms with van der Waals surface area (Å²) in [6, 6.07) is 6.41. The van der Waals surface area contributed by atoms with Crippen molar-refractivity contribution in [2.45, 2.75) is 33.6 Å². The molecule has 0 spiro atoms. The summed E-state index contributed by atoms with van der Waals surface area (Å²) in [5.41, 5.74) is 9.74. The minimum atomic E-state index is 0.428. The van der Waals surface area contributed by atoms with Crippen LogP contribution in [0.15, 0.2) is 18.2 Å². The Balaban J connectivity index is 2.20. The van der Waals surface area contributed by atoms with Crippen LogP contribution in [0.25, 0.3) is 0 Å². The molecule has 1 aromatic carbocycles. The monoisotopic (exact) mass is 218 g/mol. The van der Waals surface area contributed by atoms with Crippen LogP contribution in [0.2, 0.25) is 0 Å². The van der Waals surface area contributed by atoms with Gasteiger partial charge in [0.05, 0.1) is 0 Å². The second-order valence-corrected chi connectivity index (χ2v) is 5.73. The molecular weight excluding hydrogens is 196 g/mol. The van der Waals surface area contributed by atoms with Gasteiger partial charge in [0, 0.05) is 24.5 Å². The summed E-state index contributed by atoms with van der Waals surface area (Å²) in [6.45, 7) is 9.04. The Morgan fingerprint density at radius 3 is 2.69 bits per heavy atom. The Morgan fingerprint density at radius 1 is 1.31 bits per heavy atom. The van der Waals surface area contributed by atoms with E-state index < -0.39 is 0 Å². The van der Waals surface area contributed by atoms with E-state index in [9.17, 15) is 0 Å². The molecule has 0 radical (unpaired) electrons. The number of nitrogen functional groups attached to an aromatic ring is 1. The summed E-state index contributed by atoms with van der Waals surface area (Å²) in [6.07, 6.45) is 2.60. The number of hydrogen-bond acceptors (Lipinski definition) is 2. The second kappa shape index (κ2) is 4.00. The molecule has 0 amide bonds. The average molecular weight is 218 g/mol. The van der Waals surface area contributed by atoms with Gasteiger partial charge in [0.15, 0.2) is 0 Å². The summed E-state index contributed by atoms with van der Waals surface area (Å²) in [5, 5.41) is 0. The lowest BCUT2D eigenvalue weighted by Gasteiger charge is -2.39. The van der Waals surface area contributed by atoms with Gasteiger partial charge in [-0.05, 0) is 42.9 Å². The minimum absolute atomic E-state index is 0.428. The molecule has 1 fully saturated rings. The van der Waals surface area contributed by atoms with Crippen LogP contribution in [0.4, 0.5) is 11.4 Å². The smallest absolute Gasteiger partial charge is 0.0387 e. The Labute approximate surface area is 98.4 Å². The highest BCUT2D eigenvalue weighted by molar-refractivity contribution is 5.60. The van der Waals surface area contributed by atoms with Gasteiger partial charge < -0.3 is 10.6 Å². The zero-order valence-corrected chi connectivity index (χ0v) is 10.6. The van der Waals surface area contributed by atoms with Gasteiger partial charge in [-0.1, -0.05) is 19.9 Å². The van der Waals surface area contributed by atoms with Gasteiger partial charge in [-0.2, -0.15) is 0 Å². The van der Waals surface area contributed by atoms with Gasteiger partial charge in [0.2, 0.25) is 0 Å². The molecule has 88 valence electrons. The fourth-order valence-corrected chi connectivity index (χ4v) is 2.47. The fraction of sp³-hybridized carbons (Fsp3) is 0.571. The zero-order chi connectivity index (χ0) is 11.8. The molecule has 0 unspecified atom stereocenters. The Hall–Kier alpha value is -1.18. The first-order valence-corrected chi connectivity index (χ1v) is 6.09. The zero-order valence-electron chi connectivity index (χ0n) is 10.6. The fourth-order valence-electron chi connectivity index (χ4n) is 2.47. The van der Waals surface area contributed by atoms with Crippen molar-refractivity contribution in [3.8, 4) is 0 Å². The van der Waals surface area contributed by atoms with Crippen molar-refractivity contribution in [3.63, 3.8) is 0 Å². The van der Waals surface area contributed by atoms with E-state index in [1.807, 2.05) is 0 Å². The lowest BCUT2D eigenvalue weighted by Crippen LogP contribution is -2.40. The van der Waals surface area contributed by atoms with Gasteiger partial charge in [-0.25, -0.2) is 0 Å². The molecule has 0 aliphatic carbocycles. The highest BCUT2D eigenvalue weighted by Crippen LogP contribution is 2.32. The number of nitrogens with zero attached hydrogens (tertiary/aromatic N) is 1. The number of anilines is 2. The molecule has 1 aliphatic heterocycles. The van der Waals surface area contributed by atoms with Crippen LogP contribution in [0.3, 0.4) is 0 Å². The SMILES string of the molecule is Cc1ccc(N2CCCC(C)(C)C2)cc1N. The van der Waals surface area contributed by atoms with Crippen molar-refractivity contribution in [2.24, 2.45) is 5.41 Å². The molecule has 1 aliphatic rings. The molecule has 0 atom stereocenters. The predicted molar refractivity (Wildman–Crippen MR) is 70.8 cm³/mol. The maximum Gasteiger partial charge on any atom is 0.0387 e. The van der Waals surface area contributed by atoms with Gasteiger partial charge in [-0.15, -0.1) is 0 Å². The van der Waals surface area contributed by atoms with E-state index in [0.29, 0.717) is 5.41 Å². The van der Waals surface area contributed by atoms with E-state index in [4.69, 9.17) is 5.73 Å². The molecule has 2 nitrogen and oxygen atoms in total. The largest absolute Gasteiger partial charge is 0.398 e. The van der Waals surface area contributed by atoms with Gasteiger partial charge >= 0.3 is 0 Å². The topological polar surface area (TPSA) is 29.3 Å². The van der Waals surface area contributed by atoms with Crippen molar-refractivity contribution in [1.29, 1.82) is 0 Å². The van der Waals surface area contributed by atoms with Crippen LogP contribution in [0.5, 0.6) is 0 Å². The molecule has 0 bridgehead atoms. The summed E-state index contributed by atoms with van der Waals surface area (Å²) in [5.74, 6) is 0. The minimum Gasteiger partial charge on any atom is -0.398 e. The third kappa shape index (κ3) is 2.31. The normalized spacial score (nSPS) is 19.8. The van der Waals surface area contributed by atoms with E-state index in [2.05, 4.69) is 43.9 Å². The number of nitrogens with two attached hydrogens (primary N) is 1. The average Bonchev–Trinajstić information content (AvgIpc) is 2.20. The highest BCUT2D eigenvalue weighted by atomic mass is 15.1. The molecule has 2 heteroatoms. The lowest BCUT2D eigenvalue weighted by molar-refractivity contribution is 0.293. The number of hydrogen-bond donors (Lipinski definition) is 1. The van der Waals surface area contributed by atoms with Crippen molar-refractivity contribution < 1.29 is 0 Å². The van der Waals surface area contributed by atoms with E-state index in [1.54, 1.807) is 0 Å². The first kappa shape index (κ1) is 11.3. The van der Waals surface area contributed by atoms with Crippen LogP contribution < -0.4 is 10.6 Å². The van der Waals surface area contributed by atoms with Crippen molar-refractivity contribution >= 4 is 11.4 Å². The van der Waals surface area contributed by atoms with Gasteiger partial charge in [-0.3, -0.25) is 0 Å². The third-order valence-corrected chi connectivity index (χ3v) is 3.53. The van der Waals surface area contributed by atoms with Crippen LogP contribution in [-0.2, 0) is 0 Å². The van der Waals surface area contributed by atoms with E-state index in [-0.39, 0.29) is 0 Å². The van der Waals surface area contributed by atoms with Crippen LogP contribution in [0.1, 0.15) is 32.3 Å². The van der Waals surface area contributed by atoms with Crippen LogP contribution >= 0.6 is 0 Å². The number of rotatable bonds is 1. The molecule has 2 N–H and O–H groups in total. The quantitative estimate of drug-likeness (QED) is 0.733. The van der Waals surface area contributed by atoms with Gasteiger partial charge in [0.1, 0.15) is 0 Å². The van der Waals surface area contributed by atoms with Crippen molar-refractivity contribution in [3.05, 3.63) is 23.8 Å². The Kier molecular flexibility index (Phi) is 2.83. The van der Waals surface area contributed by atoms with Crippen LogP contribution in [0, 0.1) is 12.3 Å². The summed E-state index contributed by atoms with van der Waals surface area (Å²) in [7, 11) is 0. The number of aryl methyl sites for hydroxylation is 1. The standard InChI is InChI=1S/C14H22N2/c1-11-5-6-12(9-13(11)15)16-8-4-7-14(2,3)10-16/h5-6,9H,4,7-8,10,15H2,1-3H3. The van der Waals surface area contributed by atoms with Gasteiger partial charge in [0.25, 0.3) is 0 Å². The Morgan fingerprint density at radius 2 is 2.06 bits per heavy atom. The molecule has 1 saturated heterocycles.